The third-order valence-electron chi connectivity index (χ3n) is 3.22. The smallest absolute Gasteiger partial charge is 0.271 e. The zero-order valence-electron chi connectivity index (χ0n) is 12.4. The summed E-state index contributed by atoms with van der Waals surface area (Å²) >= 11 is 1.47. The Kier molecular flexibility index (Phi) is 4.02. The van der Waals surface area contributed by atoms with E-state index in [9.17, 15) is 4.79 Å². The minimum Gasteiger partial charge on any atom is -0.345 e. The van der Waals surface area contributed by atoms with E-state index >= 15 is 0 Å². The number of amides is 1. The van der Waals surface area contributed by atoms with E-state index in [4.69, 9.17) is 0 Å². The van der Waals surface area contributed by atoms with Gasteiger partial charge in [0.2, 0.25) is 0 Å². The molecule has 6 heteroatoms. The largest absolute Gasteiger partial charge is 0.345 e. The number of hydrogen-bond acceptors (Lipinski definition) is 4. The molecular formula is C16H16N4OS. The van der Waals surface area contributed by atoms with Crippen LogP contribution in [-0.2, 0) is 6.54 Å². The fourth-order valence-electron chi connectivity index (χ4n) is 2.03. The first-order chi connectivity index (χ1) is 10.6. The summed E-state index contributed by atoms with van der Waals surface area (Å²) in [7, 11) is 0. The maximum Gasteiger partial charge on any atom is 0.271 e. The molecule has 2 N–H and O–H groups in total. The first-order valence-corrected chi connectivity index (χ1v) is 7.81. The molecule has 3 rings (SSSR count). The molecule has 0 unspecified atom stereocenters. The molecule has 0 saturated heterocycles. The Morgan fingerprint density at radius 3 is 2.73 bits per heavy atom. The van der Waals surface area contributed by atoms with Crippen LogP contribution in [0.1, 0.15) is 27.4 Å². The number of aromatic amines is 1. The molecule has 0 bridgehead atoms. The maximum absolute atomic E-state index is 12.1. The fourth-order valence-corrected chi connectivity index (χ4v) is 2.84. The third kappa shape index (κ3) is 3.23. The topological polar surface area (TPSA) is 70.7 Å². The van der Waals surface area contributed by atoms with Crippen LogP contribution in [0.5, 0.6) is 0 Å². The molecule has 112 valence electrons. The van der Waals surface area contributed by atoms with Crippen molar-refractivity contribution in [2.75, 3.05) is 0 Å². The molecule has 5 nitrogen and oxygen atoms in total. The lowest BCUT2D eigenvalue weighted by Crippen LogP contribution is -2.23. The van der Waals surface area contributed by atoms with E-state index in [1.807, 2.05) is 44.2 Å². The van der Waals surface area contributed by atoms with Crippen molar-refractivity contribution in [2.45, 2.75) is 20.4 Å². The zero-order valence-corrected chi connectivity index (χ0v) is 13.2. The molecule has 0 aliphatic carbocycles. The van der Waals surface area contributed by atoms with E-state index in [0.717, 1.165) is 22.0 Å². The minimum atomic E-state index is -0.185. The lowest BCUT2D eigenvalue weighted by molar-refractivity contribution is 0.0946. The highest BCUT2D eigenvalue weighted by Crippen LogP contribution is 2.23. The molecule has 1 aromatic carbocycles. The number of carbonyl (C=O) groups excluding carboxylic acids is 1. The Labute approximate surface area is 132 Å². The van der Waals surface area contributed by atoms with Crippen LogP contribution in [0.3, 0.4) is 0 Å². The molecule has 0 radical (unpaired) electrons. The Bertz CT molecular complexity index is 789. The van der Waals surface area contributed by atoms with Crippen LogP contribution in [0.2, 0.25) is 0 Å². The second-order valence-corrected chi connectivity index (χ2v) is 5.99. The molecule has 0 aliphatic heterocycles. The van der Waals surface area contributed by atoms with E-state index in [0.29, 0.717) is 12.2 Å². The van der Waals surface area contributed by atoms with Gasteiger partial charge in [-0.25, -0.2) is 4.98 Å². The van der Waals surface area contributed by atoms with Gasteiger partial charge in [-0.05, 0) is 19.9 Å². The van der Waals surface area contributed by atoms with Gasteiger partial charge in [-0.1, -0.05) is 29.8 Å². The summed E-state index contributed by atoms with van der Waals surface area (Å²) in [6, 6.07) is 10.0. The number of thiazole rings is 1. The van der Waals surface area contributed by atoms with Gasteiger partial charge in [0.1, 0.15) is 10.7 Å². The second kappa shape index (κ2) is 6.11. The fraction of sp³-hybridized carbons (Fsp3) is 0.188. The van der Waals surface area contributed by atoms with Crippen LogP contribution in [0, 0.1) is 13.8 Å². The third-order valence-corrected chi connectivity index (χ3v) is 4.12. The quantitative estimate of drug-likeness (QED) is 0.777. The molecule has 0 fully saturated rings. The Hall–Kier alpha value is -2.47. The number of nitrogens with one attached hydrogen (secondary N) is 2. The van der Waals surface area contributed by atoms with Crippen molar-refractivity contribution in [1.82, 2.24) is 20.5 Å². The minimum absolute atomic E-state index is 0.185. The summed E-state index contributed by atoms with van der Waals surface area (Å²) in [5.41, 5.74) is 4.44. The highest BCUT2D eigenvalue weighted by atomic mass is 32.1. The van der Waals surface area contributed by atoms with E-state index in [1.54, 1.807) is 5.38 Å². The molecule has 0 saturated carbocycles. The molecule has 1 amide bonds. The molecule has 0 spiro atoms. The number of aryl methyl sites for hydroxylation is 2. The lowest BCUT2D eigenvalue weighted by Gasteiger charge is -2.00. The highest BCUT2D eigenvalue weighted by Gasteiger charge is 2.12. The van der Waals surface area contributed by atoms with E-state index in [2.05, 4.69) is 20.5 Å². The first-order valence-electron chi connectivity index (χ1n) is 6.93. The molecule has 2 aromatic heterocycles. The van der Waals surface area contributed by atoms with Crippen molar-refractivity contribution in [3.63, 3.8) is 0 Å². The lowest BCUT2D eigenvalue weighted by atomic mass is 10.2. The number of nitrogens with zero attached hydrogens (tertiary/aromatic N) is 2. The van der Waals surface area contributed by atoms with Crippen molar-refractivity contribution in [3.05, 3.63) is 58.4 Å². The molecule has 22 heavy (non-hydrogen) atoms. The van der Waals surface area contributed by atoms with Crippen molar-refractivity contribution in [2.24, 2.45) is 0 Å². The summed E-state index contributed by atoms with van der Waals surface area (Å²) in [6.07, 6.45) is 0. The summed E-state index contributed by atoms with van der Waals surface area (Å²) < 4.78 is 0. The van der Waals surface area contributed by atoms with Crippen molar-refractivity contribution < 1.29 is 4.79 Å². The van der Waals surface area contributed by atoms with Crippen LogP contribution in [0.25, 0.3) is 10.6 Å². The normalized spacial score (nSPS) is 10.6. The summed E-state index contributed by atoms with van der Waals surface area (Å²) in [5.74, 6) is -0.185. The highest BCUT2D eigenvalue weighted by molar-refractivity contribution is 7.13. The number of aromatic nitrogens is 3. The van der Waals surface area contributed by atoms with Crippen molar-refractivity contribution in [1.29, 1.82) is 0 Å². The molecular weight excluding hydrogens is 296 g/mol. The average Bonchev–Trinajstić information content (AvgIpc) is 3.15. The monoisotopic (exact) mass is 312 g/mol. The van der Waals surface area contributed by atoms with Crippen molar-refractivity contribution >= 4 is 17.2 Å². The maximum atomic E-state index is 12.1. The van der Waals surface area contributed by atoms with E-state index in [1.165, 1.54) is 16.9 Å². The predicted molar refractivity (Wildman–Crippen MR) is 86.8 cm³/mol. The second-order valence-electron chi connectivity index (χ2n) is 5.13. The predicted octanol–water partition coefficient (Wildman–Crippen LogP) is 3.08. The summed E-state index contributed by atoms with van der Waals surface area (Å²) in [5, 5.41) is 12.4. The number of benzene rings is 1. The first kappa shape index (κ1) is 14.5. The molecule has 2 heterocycles. The SMILES string of the molecule is Cc1ccc(-c2nc(C(=O)NCc3cc(C)[nH]n3)cs2)cc1. The van der Waals surface area contributed by atoms with Gasteiger partial charge in [0.05, 0.1) is 12.2 Å². The van der Waals surface area contributed by atoms with Gasteiger partial charge in [0.25, 0.3) is 5.91 Å². The molecule has 0 aliphatic rings. The number of carbonyl (C=O) groups is 1. The van der Waals surface area contributed by atoms with Gasteiger partial charge in [0.15, 0.2) is 0 Å². The van der Waals surface area contributed by atoms with Crippen LogP contribution in [0.4, 0.5) is 0 Å². The van der Waals surface area contributed by atoms with Crippen LogP contribution >= 0.6 is 11.3 Å². The van der Waals surface area contributed by atoms with Crippen LogP contribution in [-0.4, -0.2) is 21.1 Å². The summed E-state index contributed by atoms with van der Waals surface area (Å²) in [4.78, 5) is 16.5. The van der Waals surface area contributed by atoms with E-state index in [-0.39, 0.29) is 5.91 Å². The van der Waals surface area contributed by atoms with E-state index < -0.39 is 0 Å². The summed E-state index contributed by atoms with van der Waals surface area (Å²) in [6.45, 7) is 4.36. The Morgan fingerprint density at radius 1 is 1.27 bits per heavy atom. The Balaban J connectivity index is 1.67. The number of hydrogen-bond donors (Lipinski definition) is 2. The molecule has 0 atom stereocenters. The Morgan fingerprint density at radius 2 is 2.05 bits per heavy atom. The van der Waals surface area contributed by atoms with Gasteiger partial charge in [0, 0.05) is 16.6 Å². The average molecular weight is 312 g/mol. The standard InChI is InChI=1S/C16H16N4OS/c1-10-3-5-12(6-4-10)16-18-14(9-22-16)15(21)17-8-13-7-11(2)19-20-13/h3-7,9H,8H2,1-2H3,(H,17,21)(H,19,20). The number of H-pyrrole nitrogens is 1. The van der Waals surface area contributed by atoms with Gasteiger partial charge >= 0.3 is 0 Å². The van der Waals surface area contributed by atoms with Gasteiger partial charge in [-0.2, -0.15) is 5.10 Å². The number of rotatable bonds is 4. The zero-order chi connectivity index (χ0) is 15.5. The van der Waals surface area contributed by atoms with Gasteiger partial charge < -0.3 is 5.32 Å². The van der Waals surface area contributed by atoms with Crippen molar-refractivity contribution in [3.8, 4) is 10.6 Å². The van der Waals surface area contributed by atoms with Gasteiger partial charge in [-0.15, -0.1) is 11.3 Å². The molecule has 3 aromatic rings. The van der Waals surface area contributed by atoms with Crippen LogP contribution in [0.15, 0.2) is 35.7 Å². The van der Waals surface area contributed by atoms with Crippen LogP contribution < -0.4 is 5.32 Å². The van der Waals surface area contributed by atoms with Gasteiger partial charge in [-0.3, -0.25) is 9.89 Å².